The van der Waals surface area contributed by atoms with E-state index in [4.69, 9.17) is 11.6 Å². The molecule has 2 aliphatic heterocycles. The molecule has 0 amide bonds. The van der Waals surface area contributed by atoms with Crippen molar-refractivity contribution in [1.29, 1.82) is 5.26 Å². The summed E-state index contributed by atoms with van der Waals surface area (Å²) in [6, 6.07) is 11.6. The molecule has 7 nitrogen and oxygen atoms in total. The van der Waals surface area contributed by atoms with Gasteiger partial charge in [0.1, 0.15) is 23.0 Å². The van der Waals surface area contributed by atoms with Crippen molar-refractivity contribution in [3.8, 4) is 11.8 Å². The second-order valence-corrected chi connectivity index (χ2v) is 11.2. The fourth-order valence-electron chi connectivity index (χ4n) is 5.82. The van der Waals surface area contributed by atoms with Gasteiger partial charge in [-0.2, -0.15) is 5.26 Å². The number of aryl methyl sites for hydroxylation is 1. The van der Waals surface area contributed by atoms with Crippen LogP contribution in [0.25, 0.3) is 5.69 Å². The van der Waals surface area contributed by atoms with E-state index in [0.717, 1.165) is 54.6 Å². The van der Waals surface area contributed by atoms with Crippen molar-refractivity contribution in [2.45, 2.75) is 58.2 Å². The third-order valence-corrected chi connectivity index (χ3v) is 8.14. The molecule has 3 aliphatic rings. The van der Waals surface area contributed by atoms with Crippen LogP contribution in [0.4, 0.5) is 10.2 Å². The molecule has 2 aromatic heterocycles. The highest BCUT2D eigenvalue weighted by molar-refractivity contribution is 6.30. The Morgan fingerprint density at radius 3 is 2.63 bits per heavy atom. The number of anilines is 1. The van der Waals surface area contributed by atoms with Gasteiger partial charge >= 0.3 is 0 Å². The molecule has 2 fully saturated rings. The molecule has 3 aromatic rings. The van der Waals surface area contributed by atoms with E-state index in [2.05, 4.69) is 35.6 Å². The molecule has 6 rings (SSSR count). The highest BCUT2D eigenvalue weighted by Gasteiger charge is 2.54. The van der Waals surface area contributed by atoms with Crippen molar-refractivity contribution >= 4 is 17.4 Å². The zero-order valence-electron chi connectivity index (χ0n) is 20.1. The van der Waals surface area contributed by atoms with Crippen molar-refractivity contribution in [3.05, 3.63) is 64.1 Å². The van der Waals surface area contributed by atoms with Gasteiger partial charge in [-0.05, 0) is 69.5 Å². The molecule has 0 radical (unpaired) electrons. The van der Waals surface area contributed by atoms with Gasteiger partial charge in [-0.3, -0.25) is 9.47 Å². The lowest BCUT2D eigenvalue weighted by Gasteiger charge is -2.59. The van der Waals surface area contributed by atoms with Gasteiger partial charge in [-0.25, -0.2) is 9.37 Å². The number of rotatable bonds is 3. The van der Waals surface area contributed by atoms with E-state index in [1.807, 2.05) is 32.0 Å². The summed E-state index contributed by atoms with van der Waals surface area (Å²) in [6.07, 6.45) is 2.08. The molecule has 0 N–H and O–H groups in total. The van der Waals surface area contributed by atoms with Crippen molar-refractivity contribution < 1.29 is 4.39 Å². The van der Waals surface area contributed by atoms with Gasteiger partial charge in [0, 0.05) is 36.0 Å². The average molecular weight is 492 g/mol. The van der Waals surface area contributed by atoms with Crippen molar-refractivity contribution in [3.63, 3.8) is 0 Å². The Balaban J connectivity index is 1.25. The molecule has 1 saturated carbocycles. The predicted octanol–water partition coefficient (Wildman–Crippen LogP) is 4.77. The zero-order chi connectivity index (χ0) is 24.5. The molecule has 0 unspecified atom stereocenters. The Morgan fingerprint density at radius 1 is 1.14 bits per heavy atom. The summed E-state index contributed by atoms with van der Waals surface area (Å²) in [7, 11) is 0. The maximum absolute atomic E-state index is 13.6. The molecule has 0 bridgehead atoms. The lowest BCUT2D eigenvalue weighted by molar-refractivity contribution is 0.0581. The predicted molar refractivity (Wildman–Crippen MR) is 131 cm³/mol. The maximum Gasteiger partial charge on any atom is 0.151 e. The largest absolute Gasteiger partial charge is 0.355 e. The quantitative estimate of drug-likeness (QED) is 0.525. The minimum absolute atomic E-state index is 0.253. The standard InChI is InChI=1S/C26H27ClFN7/c1-16-20(28)5-7-22(30-16)33-14-26(15-33)9-18(10-26)24-32-31-23-12-34(25(2,3)13-29)11-17-8-19(27)4-6-21(17)35(23)24/h4-8,18H,9-12,14-15H2,1-3H3. The Kier molecular flexibility index (Phi) is 4.96. The van der Waals surface area contributed by atoms with Crippen molar-refractivity contribution in [2.75, 3.05) is 18.0 Å². The summed E-state index contributed by atoms with van der Waals surface area (Å²) in [6.45, 7) is 8.58. The lowest BCUT2D eigenvalue weighted by Crippen LogP contribution is -2.62. The molecule has 9 heteroatoms. The first kappa shape index (κ1) is 22.4. The monoisotopic (exact) mass is 491 g/mol. The first-order chi connectivity index (χ1) is 16.7. The second-order valence-electron chi connectivity index (χ2n) is 10.8. The maximum atomic E-state index is 13.6. The summed E-state index contributed by atoms with van der Waals surface area (Å²) < 4.78 is 15.8. The van der Waals surface area contributed by atoms with Gasteiger partial charge in [0.05, 0.1) is 24.0 Å². The van der Waals surface area contributed by atoms with E-state index in [0.29, 0.717) is 29.7 Å². The molecule has 1 aliphatic carbocycles. The minimum Gasteiger partial charge on any atom is -0.355 e. The number of pyridine rings is 1. The van der Waals surface area contributed by atoms with Crippen LogP contribution in [-0.2, 0) is 13.1 Å². The third-order valence-electron chi connectivity index (χ3n) is 7.90. The van der Waals surface area contributed by atoms with Crippen LogP contribution in [0, 0.1) is 29.5 Å². The van der Waals surface area contributed by atoms with Crippen LogP contribution in [0.5, 0.6) is 0 Å². The van der Waals surface area contributed by atoms with Crippen LogP contribution in [0.15, 0.2) is 30.3 Å². The molecule has 0 atom stereocenters. The Hall–Kier alpha value is -3.02. The van der Waals surface area contributed by atoms with Gasteiger partial charge < -0.3 is 4.90 Å². The highest BCUT2D eigenvalue weighted by Crippen LogP contribution is 2.56. The Bertz CT molecular complexity index is 1360. The van der Waals surface area contributed by atoms with E-state index in [9.17, 15) is 9.65 Å². The van der Waals surface area contributed by atoms with Crippen LogP contribution in [-0.4, -0.2) is 43.3 Å². The summed E-state index contributed by atoms with van der Waals surface area (Å²) >= 11 is 6.36. The van der Waals surface area contributed by atoms with Crippen LogP contribution in [0.3, 0.4) is 0 Å². The van der Waals surface area contributed by atoms with Gasteiger partial charge in [0.15, 0.2) is 5.82 Å². The van der Waals surface area contributed by atoms with Gasteiger partial charge in [-0.1, -0.05) is 11.6 Å². The number of hydrogen-bond donors (Lipinski definition) is 0. The van der Waals surface area contributed by atoms with E-state index < -0.39 is 5.54 Å². The lowest BCUT2D eigenvalue weighted by atomic mass is 9.57. The normalized spacial score (nSPS) is 19.4. The van der Waals surface area contributed by atoms with E-state index in [1.165, 1.54) is 6.07 Å². The molecular formula is C26H27ClFN7. The van der Waals surface area contributed by atoms with Crippen molar-refractivity contribution in [2.24, 2.45) is 5.41 Å². The molecule has 35 heavy (non-hydrogen) atoms. The average Bonchev–Trinajstić information content (AvgIpc) is 3.09. The number of nitriles is 1. The Labute approximate surface area is 209 Å². The molecular weight excluding hydrogens is 465 g/mol. The molecule has 4 heterocycles. The zero-order valence-corrected chi connectivity index (χ0v) is 20.8. The minimum atomic E-state index is -0.649. The van der Waals surface area contributed by atoms with Crippen LogP contribution >= 0.6 is 11.6 Å². The summed E-state index contributed by atoms with van der Waals surface area (Å²) in [4.78, 5) is 8.76. The second kappa shape index (κ2) is 7.74. The van der Waals surface area contributed by atoms with Crippen LogP contribution in [0.2, 0.25) is 5.02 Å². The number of hydrogen-bond acceptors (Lipinski definition) is 6. The number of nitrogens with zero attached hydrogens (tertiary/aromatic N) is 7. The fraction of sp³-hybridized carbons (Fsp3) is 0.462. The smallest absolute Gasteiger partial charge is 0.151 e. The molecule has 1 saturated heterocycles. The van der Waals surface area contributed by atoms with Gasteiger partial charge in [0.2, 0.25) is 0 Å². The molecule has 1 aromatic carbocycles. The van der Waals surface area contributed by atoms with Gasteiger partial charge in [0.25, 0.3) is 0 Å². The van der Waals surface area contributed by atoms with Crippen LogP contribution in [0.1, 0.15) is 55.5 Å². The van der Waals surface area contributed by atoms with E-state index >= 15 is 0 Å². The third kappa shape index (κ3) is 3.60. The topological polar surface area (TPSA) is 73.9 Å². The first-order valence-corrected chi connectivity index (χ1v) is 12.3. The van der Waals surface area contributed by atoms with Crippen molar-refractivity contribution in [1.82, 2.24) is 24.6 Å². The summed E-state index contributed by atoms with van der Waals surface area (Å²) in [5.41, 5.74) is 2.16. The number of halogens is 2. The Morgan fingerprint density at radius 2 is 1.91 bits per heavy atom. The number of aromatic nitrogens is 4. The summed E-state index contributed by atoms with van der Waals surface area (Å²) in [5.74, 6) is 2.74. The molecule has 180 valence electrons. The van der Waals surface area contributed by atoms with Crippen LogP contribution < -0.4 is 4.90 Å². The highest BCUT2D eigenvalue weighted by atomic mass is 35.5. The van der Waals surface area contributed by atoms with E-state index in [-0.39, 0.29) is 11.2 Å². The number of fused-ring (bicyclic) bond motifs is 3. The molecule has 1 spiro atoms. The number of benzene rings is 1. The SMILES string of the molecule is Cc1nc(N2CC3(CC(c4nnc5n4-c4ccc(Cl)cc4CN(C(C)(C)C#N)C5)C3)C2)ccc1F. The van der Waals surface area contributed by atoms with Gasteiger partial charge in [-0.15, -0.1) is 10.2 Å². The van der Waals surface area contributed by atoms with E-state index in [1.54, 1.807) is 13.0 Å². The fourth-order valence-corrected chi connectivity index (χ4v) is 6.01. The summed E-state index contributed by atoms with van der Waals surface area (Å²) in [5, 5.41) is 19.7. The first-order valence-electron chi connectivity index (χ1n) is 12.0.